The van der Waals surface area contributed by atoms with Crippen molar-refractivity contribution in [1.29, 1.82) is 0 Å². The Balaban J connectivity index is 5.68. The number of aliphatic carboxylic acids is 1. The summed E-state index contributed by atoms with van der Waals surface area (Å²) in [6.45, 7) is 3.31. The average molecular weight is 531 g/mol. The zero-order valence-electron chi connectivity index (χ0n) is 21.4. The number of amides is 3. The monoisotopic (exact) mass is 530 g/mol. The van der Waals surface area contributed by atoms with Crippen LogP contribution in [0.5, 0.6) is 0 Å². The highest BCUT2D eigenvalue weighted by atomic mass is 16.4. The molecule has 0 saturated heterocycles. The summed E-state index contributed by atoms with van der Waals surface area (Å²) in [5, 5.41) is 26.1. The van der Waals surface area contributed by atoms with E-state index in [4.69, 9.17) is 33.8 Å². The van der Waals surface area contributed by atoms with Gasteiger partial charge in [-0.15, -0.1) is 0 Å². The van der Waals surface area contributed by atoms with Crippen LogP contribution in [0, 0.1) is 5.92 Å². The fourth-order valence-corrected chi connectivity index (χ4v) is 3.14. The van der Waals surface area contributed by atoms with E-state index in [2.05, 4.69) is 25.9 Å². The van der Waals surface area contributed by atoms with Gasteiger partial charge in [-0.2, -0.15) is 0 Å². The molecule has 4 atom stereocenters. The summed E-state index contributed by atoms with van der Waals surface area (Å²) in [4.78, 5) is 57.6. The lowest BCUT2D eigenvalue weighted by Gasteiger charge is -2.25. The molecule has 0 radical (unpaired) electrons. The van der Waals surface area contributed by atoms with Crippen LogP contribution in [-0.2, 0) is 19.2 Å². The van der Waals surface area contributed by atoms with Crippen LogP contribution in [0.25, 0.3) is 0 Å². The number of carbonyl (C=O) groups is 4. The van der Waals surface area contributed by atoms with Crippen molar-refractivity contribution in [3.8, 4) is 0 Å². The summed E-state index contributed by atoms with van der Waals surface area (Å²) in [6, 6.07) is -4.72. The summed E-state index contributed by atoms with van der Waals surface area (Å²) in [5.41, 5.74) is 26.8. The Morgan fingerprint density at radius 2 is 1.16 bits per heavy atom. The van der Waals surface area contributed by atoms with Gasteiger partial charge >= 0.3 is 5.97 Å². The van der Waals surface area contributed by atoms with E-state index in [1.54, 1.807) is 0 Å². The van der Waals surface area contributed by atoms with Crippen LogP contribution in [0.1, 0.15) is 46.0 Å². The van der Waals surface area contributed by atoms with Crippen LogP contribution in [-0.4, -0.2) is 89.7 Å². The van der Waals surface area contributed by atoms with Gasteiger partial charge in [0.25, 0.3) is 0 Å². The van der Waals surface area contributed by atoms with Crippen LogP contribution < -0.4 is 44.6 Å². The van der Waals surface area contributed by atoms with Crippen LogP contribution in [0.2, 0.25) is 0 Å². The normalized spacial score (nSPS) is 14.0. The van der Waals surface area contributed by atoms with Gasteiger partial charge < -0.3 is 54.8 Å². The van der Waals surface area contributed by atoms with Crippen LogP contribution in [0.4, 0.5) is 0 Å². The first-order valence-electron chi connectivity index (χ1n) is 11.9. The highest BCUT2D eigenvalue weighted by molar-refractivity contribution is 5.94. The quantitative estimate of drug-likeness (QED) is 0.0462. The molecule has 15 N–H and O–H groups in total. The van der Waals surface area contributed by atoms with Crippen molar-refractivity contribution in [3.05, 3.63) is 0 Å². The fraction of sp³-hybridized carbons (Fsp3) is 0.714. The summed E-state index contributed by atoms with van der Waals surface area (Å²) in [6.07, 6.45) is 0.919. The molecule has 16 nitrogen and oxygen atoms in total. The number of hydrogen-bond acceptors (Lipinski definition) is 8. The number of aliphatic hydroxyl groups excluding tert-OH is 1. The van der Waals surface area contributed by atoms with Gasteiger partial charge in [-0.1, -0.05) is 13.8 Å². The lowest BCUT2D eigenvalue weighted by Crippen LogP contribution is -2.57. The number of carboxylic acids is 1. The Kier molecular flexibility index (Phi) is 16.0. The number of nitrogens with zero attached hydrogens (tertiary/aromatic N) is 2. The number of nitrogens with two attached hydrogens (primary N) is 5. The SMILES string of the molecule is CC(C)C[C@H](NC(=O)[C@H](CCCN=C(N)N)NC(=O)[C@H](CCCN=C(N)N)NC(=O)[C@@H](N)CO)C(=O)O. The number of nitrogens with one attached hydrogen (secondary N) is 3. The zero-order chi connectivity index (χ0) is 28.5. The second kappa shape index (κ2) is 17.7. The molecule has 0 aromatic heterocycles. The minimum atomic E-state index is -1.26. The maximum absolute atomic E-state index is 13.1. The van der Waals surface area contributed by atoms with Gasteiger partial charge in [0.15, 0.2) is 11.9 Å². The minimum Gasteiger partial charge on any atom is -0.480 e. The summed E-state index contributed by atoms with van der Waals surface area (Å²) in [5.74, 6) is -3.73. The van der Waals surface area contributed by atoms with E-state index >= 15 is 0 Å². The van der Waals surface area contributed by atoms with Crippen molar-refractivity contribution in [1.82, 2.24) is 16.0 Å². The molecule has 37 heavy (non-hydrogen) atoms. The van der Waals surface area contributed by atoms with E-state index in [1.807, 2.05) is 13.8 Å². The maximum Gasteiger partial charge on any atom is 0.326 e. The van der Waals surface area contributed by atoms with E-state index in [-0.39, 0.29) is 56.6 Å². The van der Waals surface area contributed by atoms with Gasteiger partial charge in [0.2, 0.25) is 17.7 Å². The van der Waals surface area contributed by atoms with E-state index in [0.29, 0.717) is 6.42 Å². The van der Waals surface area contributed by atoms with Gasteiger partial charge in [-0.3, -0.25) is 24.4 Å². The van der Waals surface area contributed by atoms with E-state index in [0.717, 1.165) is 0 Å². The highest BCUT2D eigenvalue weighted by Crippen LogP contribution is 2.08. The standard InChI is InChI=1S/C21H42N10O6/c1-11(2)9-15(19(36)37)31-18(35)14(6-4-8-28-21(25)26)30-17(34)13(5-3-7-27-20(23)24)29-16(33)12(22)10-32/h11-15,32H,3-10,22H2,1-2H3,(H,29,33)(H,30,34)(H,31,35)(H,36,37)(H4,23,24,27)(H4,25,26,28)/t12-,13-,14-,15-/m0/s1. The number of guanidine groups is 2. The number of aliphatic hydroxyl groups is 1. The summed E-state index contributed by atoms with van der Waals surface area (Å²) < 4.78 is 0. The lowest BCUT2D eigenvalue weighted by molar-refractivity contribution is -0.142. The first-order valence-corrected chi connectivity index (χ1v) is 11.9. The molecule has 0 aromatic rings. The van der Waals surface area contributed by atoms with Crippen molar-refractivity contribution in [2.24, 2.45) is 44.6 Å². The molecular formula is C21H42N10O6. The van der Waals surface area contributed by atoms with Crippen molar-refractivity contribution in [3.63, 3.8) is 0 Å². The molecule has 0 fully saturated rings. The second-order valence-corrected chi connectivity index (χ2v) is 8.84. The van der Waals surface area contributed by atoms with Crippen molar-refractivity contribution in [2.45, 2.75) is 70.1 Å². The topological polar surface area (TPSA) is 300 Å². The van der Waals surface area contributed by atoms with E-state index in [9.17, 15) is 24.3 Å². The Hall–Kier alpha value is -3.66. The molecule has 0 aliphatic heterocycles. The molecule has 0 bridgehead atoms. The van der Waals surface area contributed by atoms with Crippen LogP contribution >= 0.6 is 0 Å². The number of aliphatic imine (C=N–C) groups is 2. The molecule has 212 valence electrons. The molecular weight excluding hydrogens is 488 g/mol. The van der Waals surface area contributed by atoms with Gasteiger partial charge in [0.05, 0.1) is 6.61 Å². The largest absolute Gasteiger partial charge is 0.480 e. The molecule has 0 rings (SSSR count). The molecule has 0 spiro atoms. The molecule has 3 amide bonds. The minimum absolute atomic E-state index is 0.0168. The third-order valence-corrected chi connectivity index (χ3v) is 5.01. The number of carbonyl (C=O) groups excluding carboxylic acids is 3. The van der Waals surface area contributed by atoms with E-state index < -0.39 is 54.5 Å². The second-order valence-electron chi connectivity index (χ2n) is 8.84. The summed E-state index contributed by atoms with van der Waals surface area (Å²) >= 11 is 0. The smallest absolute Gasteiger partial charge is 0.326 e. The number of rotatable bonds is 18. The number of hydrogen-bond donors (Lipinski definition) is 10. The summed E-state index contributed by atoms with van der Waals surface area (Å²) in [7, 11) is 0. The number of carboxylic acid groups (broad SMARTS) is 1. The van der Waals surface area contributed by atoms with Gasteiger partial charge in [-0.25, -0.2) is 4.79 Å². The lowest BCUT2D eigenvalue weighted by atomic mass is 10.0. The Labute approximate surface area is 215 Å². The molecule has 0 saturated carbocycles. The maximum atomic E-state index is 13.1. The van der Waals surface area contributed by atoms with Crippen molar-refractivity contribution >= 4 is 35.6 Å². The van der Waals surface area contributed by atoms with Crippen molar-refractivity contribution < 1.29 is 29.4 Å². The van der Waals surface area contributed by atoms with Gasteiger partial charge in [0, 0.05) is 13.1 Å². The van der Waals surface area contributed by atoms with Crippen molar-refractivity contribution in [2.75, 3.05) is 19.7 Å². The molecule has 0 heterocycles. The molecule has 0 aliphatic rings. The third kappa shape index (κ3) is 15.1. The molecule has 0 aromatic carbocycles. The molecule has 16 heteroatoms. The van der Waals surface area contributed by atoms with Gasteiger partial charge in [0.1, 0.15) is 24.2 Å². The predicted molar refractivity (Wildman–Crippen MR) is 138 cm³/mol. The molecule has 0 unspecified atom stereocenters. The fourth-order valence-electron chi connectivity index (χ4n) is 3.14. The Bertz CT molecular complexity index is 812. The van der Waals surface area contributed by atoms with E-state index in [1.165, 1.54) is 0 Å². The van der Waals surface area contributed by atoms with Crippen LogP contribution in [0.15, 0.2) is 9.98 Å². The average Bonchev–Trinajstić information content (AvgIpc) is 2.80. The molecule has 0 aliphatic carbocycles. The van der Waals surface area contributed by atoms with Gasteiger partial charge in [-0.05, 0) is 38.0 Å². The Morgan fingerprint density at radius 1 is 0.757 bits per heavy atom. The zero-order valence-corrected chi connectivity index (χ0v) is 21.4. The first-order chi connectivity index (χ1) is 17.3. The Morgan fingerprint density at radius 3 is 1.51 bits per heavy atom. The third-order valence-electron chi connectivity index (χ3n) is 5.01. The van der Waals surface area contributed by atoms with Crippen LogP contribution in [0.3, 0.4) is 0 Å². The first kappa shape index (κ1) is 33.3. The predicted octanol–water partition coefficient (Wildman–Crippen LogP) is -4.00. The highest BCUT2D eigenvalue weighted by Gasteiger charge is 2.30.